The zero-order valence-electron chi connectivity index (χ0n) is 18.2. The largest absolute Gasteiger partial charge is 0.450 e. The second-order valence-electron chi connectivity index (χ2n) is 8.20. The van der Waals surface area contributed by atoms with E-state index in [4.69, 9.17) is 16.3 Å². The van der Waals surface area contributed by atoms with E-state index >= 15 is 0 Å². The van der Waals surface area contributed by atoms with Crippen molar-refractivity contribution in [1.29, 1.82) is 0 Å². The molecular formula is C24H23ClN4O4S. The van der Waals surface area contributed by atoms with E-state index in [-0.39, 0.29) is 30.3 Å². The molecule has 3 saturated heterocycles. The third-order valence-electron chi connectivity index (χ3n) is 6.19. The molecule has 3 heterocycles. The number of urea groups is 1. The van der Waals surface area contributed by atoms with Crippen LogP contribution in [0.15, 0.2) is 65.8 Å². The van der Waals surface area contributed by atoms with Gasteiger partial charge in [0.15, 0.2) is 6.10 Å². The summed E-state index contributed by atoms with van der Waals surface area (Å²) in [5.41, 5.74) is 1.64. The highest BCUT2D eigenvalue weighted by molar-refractivity contribution is 8.02. The molecule has 0 radical (unpaired) electrons. The molecule has 3 aliphatic heterocycles. The molecule has 0 aliphatic carbocycles. The van der Waals surface area contributed by atoms with Crippen LogP contribution in [0.3, 0.4) is 0 Å². The smallest absolute Gasteiger partial charge is 0.345 e. The Bertz CT molecular complexity index is 1080. The van der Waals surface area contributed by atoms with Crippen molar-refractivity contribution in [2.45, 2.75) is 22.8 Å². The molecular weight excluding hydrogens is 476 g/mol. The lowest BCUT2D eigenvalue weighted by atomic mass is 10.0. The van der Waals surface area contributed by atoms with Crippen LogP contribution in [0.5, 0.6) is 0 Å². The Kier molecular flexibility index (Phi) is 6.22. The quantitative estimate of drug-likeness (QED) is 0.253. The number of esters is 1. The van der Waals surface area contributed by atoms with Gasteiger partial charge in [0.25, 0.3) is 0 Å². The number of benzene rings is 2. The molecule has 0 spiro atoms. The van der Waals surface area contributed by atoms with Crippen LogP contribution in [0.4, 0.5) is 4.79 Å². The molecule has 34 heavy (non-hydrogen) atoms. The van der Waals surface area contributed by atoms with Crippen molar-refractivity contribution in [3.05, 3.63) is 71.8 Å². The summed E-state index contributed by atoms with van der Waals surface area (Å²) in [6, 6.07) is 18.6. The van der Waals surface area contributed by atoms with Gasteiger partial charge in [-0.1, -0.05) is 72.4 Å². The minimum absolute atomic E-state index is 0.0292. The fourth-order valence-electron chi connectivity index (χ4n) is 4.47. The van der Waals surface area contributed by atoms with Gasteiger partial charge in [0.2, 0.25) is 10.8 Å². The molecule has 5 rings (SSSR count). The number of hydrogen-bond acceptors (Lipinski definition) is 6. The molecule has 3 fully saturated rings. The molecule has 0 aromatic heterocycles. The number of nitrogens with zero attached hydrogens (tertiary/aromatic N) is 4. The van der Waals surface area contributed by atoms with Crippen molar-refractivity contribution in [1.82, 2.24) is 14.8 Å². The third-order valence-corrected chi connectivity index (χ3v) is 7.93. The second-order valence-corrected chi connectivity index (χ2v) is 9.96. The Balaban J connectivity index is 1.48. The fourth-order valence-corrected chi connectivity index (χ4v) is 6.18. The van der Waals surface area contributed by atoms with Gasteiger partial charge in [-0.15, -0.1) is 11.6 Å². The van der Waals surface area contributed by atoms with Crippen molar-refractivity contribution in [2.75, 3.05) is 25.5 Å². The summed E-state index contributed by atoms with van der Waals surface area (Å²) >= 11 is 6.99. The number of ether oxygens (including phenoxy) is 1. The Hall–Kier alpha value is -3.04. The Morgan fingerprint density at radius 3 is 2.32 bits per heavy atom. The van der Waals surface area contributed by atoms with E-state index in [9.17, 15) is 14.4 Å². The lowest BCUT2D eigenvalue weighted by Crippen LogP contribution is -2.57. The number of thioether (sulfide) groups is 1. The SMILES string of the molecule is O=C1CC2SC(C(=O)OC(c3ccccc3)c3ccccc3)(N3CCN(/N=C/CCl)C3=O)CN12. The molecule has 2 unspecified atom stereocenters. The topological polar surface area (TPSA) is 82.5 Å². The maximum atomic E-state index is 14.0. The van der Waals surface area contributed by atoms with E-state index in [0.717, 1.165) is 11.1 Å². The summed E-state index contributed by atoms with van der Waals surface area (Å²) < 4.78 is 6.18. The molecule has 176 valence electrons. The van der Waals surface area contributed by atoms with Crippen LogP contribution in [0.25, 0.3) is 0 Å². The molecule has 0 bridgehead atoms. The number of alkyl halides is 1. The average Bonchev–Trinajstić information content (AvgIpc) is 3.39. The summed E-state index contributed by atoms with van der Waals surface area (Å²) in [6.07, 6.45) is 1.13. The van der Waals surface area contributed by atoms with Crippen LogP contribution in [-0.4, -0.2) is 74.7 Å². The maximum Gasteiger partial charge on any atom is 0.345 e. The van der Waals surface area contributed by atoms with Crippen LogP contribution in [-0.2, 0) is 14.3 Å². The van der Waals surface area contributed by atoms with Gasteiger partial charge in [0.1, 0.15) is 0 Å². The molecule has 2 aromatic rings. The van der Waals surface area contributed by atoms with Crippen LogP contribution in [0.1, 0.15) is 23.7 Å². The number of carbonyl (C=O) groups excluding carboxylic acids is 3. The maximum absolute atomic E-state index is 14.0. The number of carbonyl (C=O) groups is 3. The van der Waals surface area contributed by atoms with Gasteiger partial charge in [-0.3, -0.25) is 9.69 Å². The highest BCUT2D eigenvalue weighted by atomic mass is 35.5. The number of rotatable bonds is 7. The van der Waals surface area contributed by atoms with E-state index < -0.39 is 23.0 Å². The van der Waals surface area contributed by atoms with E-state index in [0.29, 0.717) is 13.0 Å². The first-order valence-corrected chi connectivity index (χ1v) is 12.4. The van der Waals surface area contributed by atoms with Gasteiger partial charge in [0.05, 0.1) is 30.8 Å². The Morgan fingerprint density at radius 1 is 1.12 bits per heavy atom. The molecule has 0 N–H and O–H groups in total. The highest BCUT2D eigenvalue weighted by Crippen LogP contribution is 2.50. The summed E-state index contributed by atoms with van der Waals surface area (Å²) in [5, 5.41) is 5.24. The van der Waals surface area contributed by atoms with Crippen LogP contribution in [0, 0.1) is 0 Å². The summed E-state index contributed by atoms with van der Waals surface area (Å²) in [7, 11) is 0. The normalized spacial score (nSPS) is 24.2. The highest BCUT2D eigenvalue weighted by Gasteiger charge is 2.63. The lowest BCUT2D eigenvalue weighted by molar-refractivity contribution is -0.156. The zero-order chi connectivity index (χ0) is 23.7. The van der Waals surface area contributed by atoms with Gasteiger partial charge in [0, 0.05) is 12.8 Å². The second kappa shape index (κ2) is 9.31. The number of fused-ring (bicyclic) bond motifs is 1. The van der Waals surface area contributed by atoms with Crippen molar-refractivity contribution in [3.63, 3.8) is 0 Å². The van der Waals surface area contributed by atoms with Gasteiger partial charge >= 0.3 is 12.0 Å². The minimum atomic E-state index is -1.35. The molecule has 3 aliphatic rings. The van der Waals surface area contributed by atoms with Crippen molar-refractivity contribution in [3.8, 4) is 0 Å². The monoisotopic (exact) mass is 498 g/mol. The van der Waals surface area contributed by atoms with E-state index in [1.165, 1.54) is 27.9 Å². The molecule has 8 nitrogen and oxygen atoms in total. The van der Waals surface area contributed by atoms with Gasteiger partial charge in [-0.25, -0.2) is 14.6 Å². The molecule has 0 saturated carbocycles. The molecule has 10 heteroatoms. The fraction of sp³-hybridized carbons (Fsp3) is 0.333. The van der Waals surface area contributed by atoms with Gasteiger partial charge in [-0.2, -0.15) is 5.10 Å². The van der Waals surface area contributed by atoms with E-state index in [1.54, 1.807) is 4.90 Å². The number of hydrazone groups is 1. The third kappa shape index (κ3) is 3.92. The van der Waals surface area contributed by atoms with Crippen molar-refractivity contribution >= 4 is 47.5 Å². The number of β-lactam (4-membered cyclic amide) rings is 1. The summed E-state index contributed by atoms with van der Waals surface area (Å²) in [4.78, 5) is 41.2. The number of halogens is 1. The first kappa shape index (κ1) is 22.7. The van der Waals surface area contributed by atoms with Crippen LogP contribution < -0.4 is 0 Å². The van der Waals surface area contributed by atoms with Crippen molar-refractivity contribution < 1.29 is 19.1 Å². The minimum Gasteiger partial charge on any atom is -0.450 e. The zero-order valence-corrected chi connectivity index (χ0v) is 19.8. The van der Waals surface area contributed by atoms with Gasteiger partial charge < -0.3 is 9.64 Å². The number of hydrogen-bond donors (Lipinski definition) is 0. The lowest BCUT2D eigenvalue weighted by Gasteiger charge is -2.35. The Morgan fingerprint density at radius 2 is 1.76 bits per heavy atom. The van der Waals surface area contributed by atoms with Gasteiger partial charge in [-0.05, 0) is 11.1 Å². The first-order valence-electron chi connectivity index (χ1n) is 11.0. The van der Waals surface area contributed by atoms with Crippen LogP contribution >= 0.6 is 23.4 Å². The number of amides is 3. The molecule has 3 amide bonds. The van der Waals surface area contributed by atoms with Crippen LogP contribution in [0.2, 0.25) is 0 Å². The van der Waals surface area contributed by atoms with E-state index in [2.05, 4.69) is 5.10 Å². The average molecular weight is 499 g/mol. The molecule has 2 atom stereocenters. The van der Waals surface area contributed by atoms with Crippen molar-refractivity contribution in [2.24, 2.45) is 5.10 Å². The molecule has 2 aromatic carbocycles. The predicted octanol–water partition coefficient (Wildman–Crippen LogP) is 3.28. The summed E-state index contributed by atoms with van der Waals surface area (Å²) in [5.74, 6) is -0.404. The predicted molar refractivity (Wildman–Crippen MR) is 129 cm³/mol. The standard InChI is InChI=1S/C24H23ClN4O4S/c25-11-12-26-29-14-13-28(23(29)32)24(16-27-19(30)15-20(27)34-24)22(31)33-21(17-7-3-1-4-8-17)18-9-5-2-6-10-18/h1-10,12,20-21H,11,13-16H2/b26-12+. The van der Waals surface area contributed by atoms with E-state index in [1.807, 2.05) is 60.7 Å². The Labute approximate surface area is 206 Å². The summed E-state index contributed by atoms with van der Waals surface area (Å²) in [6.45, 7) is 0.701. The first-order chi connectivity index (χ1) is 16.5.